The van der Waals surface area contributed by atoms with Gasteiger partial charge >= 0.3 is 6.03 Å². The zero-order valence-corrected chi connectivity index (χ0v) is 13.3. The summed E-state index contributed by atoms with van der Waals surface area (Å²) in [7, 11) is 0. The maximum atomic E-state index is 12.2. The number of nitrogens with zero attached hydrogens (tertiary/aromatic N) is 2. The molecule has 2 N–H and O–H groups in total. The summed E-state index contributed by atoms with van der Waals surface area (Å²) in [5.41, 5.74) is 1.99. The lowest BCUT2D eigenvalue weighted by atomic mass is 10.1. The molecule has 0 saturated carbocycles. The van der Waals surface area contributed by atoms with Crippen LogP contribution in [0.4, 0.5) is 4.79 Å². The standard InChI is InChI=1S/C14H24N4OS/c1-4-11-7-12(17-16-11)8-15-14(19)18-5-6-20-13(9-18)10(2)3/h7,10,13H,4-6,8-9H2,1-3H3,(H,15,19)(H,16,17). The lowest BCUT2D eigenvalue weighted by Gasteiger charge is -2.34. The van der Waals surface area contributed by atoms with E-state index in [1.54, 1.807) is 0 Å². The van der Waals surface area contributed by atoms with Crippen LogP contribution in [0.25, 0.3) is 0 Å². The second-order valence-electron chi connectivity index (χ2n) is 5.50. The van der Waals surface area contributed by atoms with Gasteiger partial charge in [-0.05, 0) is 18.4 Å². The minimum atomic E-state index is 0.0311. The highest BCUT2D eigenvalue weighted by Crippen LogP contribution is 2.24. The number of carbonyl (C=O) groups excluding carboxylic acids is 1. The molecule has 112 valence electrons. The second-order valence-corrected chi connectivity index (χ2v) is 6.84. The molecule has 2 heterocycles. The summed E-state index contributed by atoms with van der Waals surface area (Å²) in [5, 5.41) is 10.6. The summed E-state index contributed by atoms with van der Waals surface area (Å²) in [5.74, 6) is 1.63. The van der Waals surface area contributed by atoms with Crippen LogP contribution in [0.15, 0.2) is 6.07 Å². The van der Waals surface area contributed by atoms with Gasteiger partial charge in [-0.25, -0.2) is 4.79 Å². The first-order valence-corrected chi connectivity index (χ1v) is 8.32. The smallest absolute Gasteiger partial charge is 0.317 e. The number of hydrogen-bond donors (Lipinski definition) is 2. The first-order valence-electron chi connectivity index (χ1n) is 7.27. The molecule has 0 bridgehead atoms. The third-order valence-corrected chi connectivity index (χ3v) is 5.14. The van der Waals surface area contributed by atoms with Gasteiger partial charge in [0.05, 0.1) is 17.9 Å². The van der Waals surface area contributed by atoms with E-state index in [4.69, 9.17) is 0 Å². The number of carbonyl (C=O) groups is 1. The molecule has 2 rings (SSSR count). The van der Waals surface area contributed by atoms with E-state index in [0.717, 1.165) is 36.7 Å². The summed E-state index contributed by atoms with van der Waals surface area (Å²) in [6, 6.07) is 2.03. The molecule has 1 aliphatic heterocycles. The van der Waals surface area contributed by atoms with Gasteiger partial charge in [0.1, 0.15) is 0 Å². The van der Waals surface area contributed by atoms with Gasteiger partial charge in [-0.1, -0.05) is 20.8 Å². The van der Waals surface area contributed by atoms with Crippen LogP contribution in [0.3, 0.4) is 0 Å². The van der Waals surface area contributed by atoms with Gasteiger partial charge in [-0.15, -0.1) is 0 Å². The van der Waals surface area contributed by atoms with Gasteiger partial charge in [0.15, 0.2) is 0 Å². The number of H-pyrrole nitrogens is 1. The minimum absolute atomic E-state index is 0.0311. The Morgan fingerprint density at radius 1 is 1.65 bits per heavy atom. The van der Waals surface area contributed by atoms with E-state index < -0.39 is 0 Å². The number of aromatic amines is 1. The Morgan fingerprint density at radius 2 is 2.45 bits per heavy atom. The molecule has 1 atom stereocenters. The number of thioether (sulfide) groups is 1. The largest absolute Gasteiger partial charge is 0.332 e. The zero-order valence-electron chi connectivity index (χ0n) is 12.5. The third kappa shape index (κ3) is 3.91. The quantitative estimate of drug-likeness (QED) is 0.896. The van der Waals surface area contributed by atoms with Crippen molar-refractivity contribution in [3.05, 3.63) is 17.5 Å². The van der Waals surface area contributed by atoms with E-state index in [1.165, 1.54) is 0 Å². The molecular weight excluding hydrogens is 272 g/mol. The van der Waals surface area contributed by atoms with Crippen molar-refractivity contribution in [3.63, 3.8) is 0 Å². The summed E-state index contributed by atoms with van der Waals surface area (Å²) in [6.45, 7) is 8.70. The van der Waals surface area contributed by atoms with Crippen LogP contribution in [0.1, 0.15) is 32.2 Å². The van der Waals surface area contributed by atoms with Crippen molar-refractivity contribution in [3.8, 4) is 0 Å². The third-order valence-electron chi connectivity index (χ3n) is 3.60. The number of aryl methyl sites for hydroxylation is 1. The number of urea groups is 1. The SMILES string of the molecule is CCc1cc(CNC(=O)N2CCSC(C(C)C)C2)[nH]n1. The van der Waals surface area contributed by atoms with E-state index in [0.29, 0.717) is 17.7 Å². The van der Waals surface area contributed by atoms with Crippen LogP contribution in [0.2, 0.25) is 0 Å². The summed E-state index contributed by atoms with van der Waals surface area (Å²) >= 11 is 1.98. The van der Waals surface area contributed by atoms with Gasteiger partial charge < -0.3 is 10.2 Å². The molecule has 1 aromatic rings. The monoisotopic (exact) mass is 296 g/mol. The van der Waals surface area contributed by atoms with Crippen LogP contribution < -0.4 is 5.32 Å². The number of rotatable bonds is 4. The maximum Gasteiger partial charge on any atom is 0.317 e. The van der Waals surface area contributed by atoms with E-state index in [2.05, 4.69) is 36.3 Å². The molecule has 1 fully saturated rings. The van der Waals surface area contributed by atoms with Crippen LogP contribution >= 0.6 is 11.8 Å². The van der Waals surface area contributed by atoms with Gasteiger partial charge in [0, 0.05) is 24.1 Å². The summed E-state index contributed by atoms with van der Waals surface area (Å²) < 4.78 is 0. The van der Waals surface area contributed by atoms with E-state index in [1.807, 2.05) is 22.7 Å². The Balaban J connectivity index is 1.82. The molecule has 1 saturated heterocycles. The molecule has 0 aromatic carbocycles. The molecule has 6 heteroatoms. The molecule has 0 aliphatic carbocycles. The molecule has 1 unspecified atom stereocenters. The average Bonchev–Trinajstić information content (AvgIpc) is 2.93. The Kier molecular flexibility index (Phi) is 5.34. The van der Waals surface area contributed by atoms with E-state index in [9.17, 15) is 4.79 Å². The predicted molar refractivity (Wildman–Crippen MR) is 82.9 cm³/mol. The van der Waals surface area contributed by atoms with Crippen molar-refractivity contribution in [2.24, 2.45) is 5.92 Å². The molecule has 1 aliphatic rings. The van der Waals surface area contributed by atoms with Gasteiger partial charge in [0.25, 0.3) is 0 Å². The molecule has 0 radical (unpaired) electrons. The lowest BCUT2D eigenvalue weighted by Crippen LogP contribution is -2.47. The minimum Gasteiger partial charge on any atom is -0.332 e. The van der Waals surface area contributed by atoms with Crippen molar-refractivity contribution < 1.29 is 4.79 Å². The average molecular weight is 296 g/mol. The molecule has 5 nitrogen and oxygen atoms in total. The van der Waals surface area contributed by atoms with E-state index >= 15 is 0 Å². The van der Waals surface area contributed by atoms with Crippen molar-refractivity contribution in [1.82, 2.24) is 20.4 Å². The normalized spacial score (nSPS) is 19.4. The van der Waals surface area contributed by atoms with Crippen molar-refractivity contribution in [2.75, 3.05) is 18.8 Å². The molecule has 20 heavy (non-hydrogen) atoms. The summed E-state index contributed by atoms with van der Waals surface area (Å²) in [4.78, 5) is 14.1. The lowest BCUT2D eigenvalue weighted by molar-refractivity contribution is 0.196. The first-order chi connectivity index (χ1) is 9.60. The van der Waals surface area contributed by atoms with Crippen molar-refractivity contribution >= 4 is 17.8 Å². The highest BCUT2D eigenvalue weighted by Gasteiger charge is 2.25. The number of amides is 2. The fourth-order valence-electron chi connectivity index (χ4n) is 2.23. The highest BCUT2D eigenvalue weighted by molar-refractivity contribution is 8.00. The number of hydrogen-bond acceptors (Lipinski definition) is 3. The van der Waals surface area contributed by atoms with Crippen LogP contribution in [-0.2, 0) is 13.0 Å². The first kappa shape index (κ1) is 15.2. The Morgan fingerprint density at radius 3 is 3.10 bits per heavy atom. The van der Waals surface area contributed by atoms with Gasteiger partial charge in [0.2, 0.25) is 0 Å². The molecular formula is C14H24N4OS. The van der Waals surface area contributed by atoms with Crippen molar-refractivity contribution in [2.45, 2.75) is 39.0 Å². The topological polar surface area (TPSA) is 61.0 Å². The molecule has 0 spiro atoms. The number of nitrogens with one attached hydrogen (secondary N) is 2. The highest BCUT2D eigenvalue weighted by atomic mass is 32.2. The van der Waals surface area contributed by atoms with Crippen LogP contribution in [0.5, 0.6) is 0 Å². The van der Waals surface area contributed by atoms with Crippen LogP contribution in [0, 0.1) is 5.92 Å². The fourth-order valence-corrected chi connectivity index (χ4v) is 3.53. The van der Waals surface area contributed by atoms with Crippen LogP contribution in [-0.4, -0.2) is 45.2 Å². The zero-order chi connectivity index (χ0) is 14.5. The maximum absolute atomic E-state index is 12.2. The van der Waals surface area contributed by atoms with Gasteiger partial charge in [-0.3, -0.25) is 5.10 Å². The van der Waals surface area contributed by atoms with Gasteiger partial charge in [-0.2, -0.15) is 16.9 Å². The molecule has 2 amide bonds. The summed E-state index contributed by atoms with van der Waals surface area (Å²) in [6.07, 6.45) is 0.907. The van der Waals surface area contributed by atoms with Crippen molar-refractivity contribution in [1.29, 1.82) is 0 Å². The Bertz CT molecular complexity index is 446. The predicted octanol–water partition coefficient (Wildman–Crippen LogP) is 2.26. The fraction of sp³-hybridized carbons (Fsp3) is 0.714. The number of aromatic nitrogens is 2. The second kappa shape index (κ2) is 7.02. The Labute approximate surface area is 124 Å². The van der Waals surface area contributed by atoms with E-state index in [-0.39, 0.29) is 6.03 Å². The molecule has 1 aromatic heterocycles. The Hall–Kier alpha value is -1.17.